The molecular weight excluding hydrogens is 246 g/mol. The van der Waals surface area contributed by atoms with E-state index < -0.39 is 0 Å². The number of rotatable bonds is 7. The van der Waals surface area contributed by atoms with Gasteiger partial charge in [-0.1, -0.05) is 13.0 Å². The number of anilines is 1. The Kier molecular flexibility index (Phi) is 6.15. The lowest BCUT2D eigenvalue weighted by molar-refractivity contribution is -0.121. The monoisotopic (exact) mass is 267 g/mol. The zero-order valence-corrected chi connectivity index (χ0v) is 11.9. The first kappa shape index (κ1) is 15.3. The van der Waals surface area contributed by atoms with Crippen LogP contribution in [0.25, 0.3) is 0 Å². The topological polar surface area (TPSA) is 56.8 Å². The molecule has 0 aliphatic heterocycles. The van der Waals surface area contributed by atoms with Crippen LogP contribution in [0.5, 0.6) is 11.5 Å². The molecule has 0 saturated heterocycles. The minimum absolute atomic E-state index is 0.128. The van der Waals surface area contributed by atoms with Gasteiger partial charge in [0.2, 0.25) is 5.91 Å². The number of benzene rings is 1. The second kappa shape index (κ2) is 7.63. The van der Waals surface area contributed by atoms with Crippen molar-refractivity contribution in [1.29, 1.82) is 0 Å². The molecule has 1 amide bonds. The highest BCUT2D eigenvalue weighted by molar-refractivity contribution is 5.95. The summed E-state index contributed by atoms with van der Waals surface area (Å²) in [7, 11) is 3.10. The number of carbonyl (C=O) groups is 1. The Hall–Kier alpha value is -1.75. The quantitative estimate of drug-likeness (QED) is 0.823. The summed E-state index contributed by atoms with van der Waals surface area (Å²) >= 11 is 0. The molecule has 5 nitrogen and oxygen atoms in total. The Labute approximate surface area is 113 Å². The number of hydrogen-bond acceptors (Lipinski definition) is 4. The molecular formula is C14H21NO4. The zero-order valence-electron chi connectivity index (χ0n) is 11.9. The Balaban J connectivity index is 2.83. The summed E-state index contributed by atoms with van der Waals surface area (Å²) in [6, 6.07) is 5.34. The van der Waals surface area contributed by atoms with E-state index in [0.29, 0.717) is 30.4 Å². The summed E-state index contributed by atoms with van der Waals surface area (Å²) in [4.78, 5) is 12.1. The normalized spacial score (nSPS) is 11.8. The largest absolute Gasteiger partial charge is 0.494 e. The Morgan fingerprint density at radius 1 is 1.26 bits per heavy atom. The van der Waals surface area contributed by atoms with E-state index in [1.54, 1.807) is 32.4 Å². The maximum atomic E-state index is 12.1. The highest BCUT2D eigenvalue weighted by Crippen LogP contribution is 2.34. The molecule has 0 unspecified atom stereocenters. The molecule has 0 spiro atoms. The van der Waals surface area contributed by atoms with Crippen LogP contribution in [0.15, 0.2) is 18.2 Å². The van der Waals surface area contributed by atoms with Crippen LogP contribution in [-0.4, -0.2) is 33.3 Å². The number of nitrogens with one attached hydrogen (secondary N) is 1. The van der Waals surface area contributed by atoms with Gasteiger partial charge in [-0.05, 0) is 19.1 Å². The molecule has 1 atom stereocenters. The third-order valence-corrected chi connectivity index (χ3v) is 2.70. The summed E-state index contributed by atoms with van der Waals surface area (Å²) in [5, 5.41) is 2.82. The molecule has 1 aromatic rings. The molecule has 19 heavy (non-hydrogen) atoms. The molecule has 106 valence electrons. The van der Waals surface area contributed by atoms with Crippen LogP contribution < -0.4 is 14.8 Å². The highest BCUT2D eigenvalue weighted by Gasteiger charge is 2.17. The fourth-order valence-electron chi connectivity index (χ4n) is 1.59. The van der Waals surface area contributed by atoms with E-state index in [0.717, 1.165) is 0 Å². The first-order valence-corrected chi connectivity index (χ1v) is 6.23. The molecule has 0 heterocycles. The van der Waals surface area contributed by atoms with Crippen molar-refractivity contribution >= 4 is 11.6 Å². The fourth-order valence-corrected chi connectivity index (χ4v) is 1.59. The predicted octanol–water partition coefficient (Wildman–Crippen LogP) is 2.31. The molecule has 1 rings (SSSR count). The number of amides is 1. The number of ether oxygens (including phenoxy) is 3. The fraction of sp³-hybridized carbons (Fsp3) is 0.500. The number of carbonyl (C=O) groups excluding carboxylic acids is 1. The number of hydrogen-bond donors (Lipinski definition) is 1. The van der Waals surface area contributed by atoms with Crippen LogP contribution in [-0.2, 0) is 9.53 Å². The molecule has 5 heteroatoms. The van der Waals surface area contributed by atoms with Crippen molar-refractivity contribution in [3.05, 3.63) is 18.2 Å². The van der Waals surface area contributed by atoms with Crippen LogP contribution >= 0.6 is 0 Å². The maximum Gasteiger partial charge on any atom is 0.229 e. The average molecular weight is 267 g/mol. The van der Waals surface area contributed by atoms with Crippen LogP contribution in [0.3, 0.4) is 0 Å². The first-order chi connectivity index (χ1) is 9.13. The molecule has 1 N–H and O–H groups in total. The van der Waals surface area contributed by atoms with Crippen molar-refractivity contribution < 1.29 is 19.0 Å². The second-order valence-electron chi connectivity index (χ2n) is 4.09. The highest BCUT2D eigenvalue weighted by atomic mass is 16.5. The number of para-hydroxylation sites is 1. The van der Waals surface area contributed by atoms with Gasteiger partial charge in [-0.25, -0.2) is 0 Å². The molecule has 0 fully saturated rings. The van der Waals surface area contributed by atoms with E-state index in [2.05, 4.69) is 5.32 Å². The minimum Gasteiger partial charge on any atom is -0.494 e. The molecule has 0 aliphatic rings. The summed E-state index contributed by atoms with van der Waals surface area (Å²) in [6.07, 6.45) is 0. The maximum absolute atomic E-state index is 12.1. The molecule has 0 saturated carbocycles. The van der Waals surface area contributed by atoms with Crippen molar-refractivity contribution in [3.8, 4) is 11.5 Å². The third-order valence-electron chi connectivity index (χ3n) is 2.70. The van der Waals surface area contributed by atoms with Gasteiger partial charge in [0.25, 0.3) is 0 Å². The Morgan fingerprint density at radius 2 is 1.84 bits per heavy atom. The zero-order chi connectivity index (χ0) is 14.3. The Morgan fingerprint density at radius 3 is 2.32 bits per heavy atom. The van der Waals surface area contributed by atoms with Crippen molar-refractivity contribution in [2.75, 3.05) is 32.8 Å². The average Bonchev–Trinajstić information content (AvgIpc) is 2.44. The van der Waals surface area contributed by atoms with E-state index in [1.807, 2.05) is 13.8 Å². The lowest BCUT2D eigenvalue weighted by Gasteiger charge is -2.16. The third kappa shape index (κ3) is 4.13. The van der Waals surface area contributed by atoms with Crippen LogP contribution in [0.4, 0.5) is 5.69 Å². The van der Waals surface area contributed by atoms with Gasteiger partial charge in [-0.2, -0.15) is 0 Å². The van der Waals surface area contributed by atoms with Gasteiger partial charge >= 0.3 is 0 Å². The second-order valence-corrected chi connectivity index (χ2v) is 4.09. The van der Waals surface area contributed by atoms with Crippen molar-refractivity contribution in [3.63, 3.8) is 0 Å². The lowest BCUT2D eigenvalue weighted by atomic mass is 10.1. The lowest BCUT2D eigenvalue weighted by Crippen LogP contribution is -2.24. The summed E-state index contributed by atoms with van der Waals surface area (Å²) in [5.74, 6) is 0.762. The number of methoxy groups -OCH3 is 2. The predicted molar refractivity (Wildman–Crippen MR) is 73.8 cm³/mol. The first-order valence-electron chi connectivity index (χ1n) is 6.23. The van der Waals surface area contributed by atoms with Crippen molar-refractivity contribution in [1.82, 2.24) is 0 Å². The van der Waals surface area contributed by atoms with Gasteiger partial charge in [0.05, 0.1) is 26.7 Å². The van der Waals surface area contributed by atoms with Gasteiger partial charge in [0, 0.05) is 6.61 Å². The summed E-state index contributed by atoms with van der Waals surface area (Å²) in [5.41, 5.74) is 0.542. The SMILES string of the molecule is CCOC[C@@H](C)C(=O)Nc1c(OC)cccc1OC. The van der Waals surface area contributed by atoms with Crippen LogP contribution in [0.2, 0.25) is 0 Å². The van der Waals surface area contributed by atoms with E-state index in [9.17, 15) is 4.79 Å². The van der Waals surface area contributed by atoms with Gasteiger partial charge < -0.3 is 19.5 Å². The standard InChI is InChI=1S/C14H21NO4/c1-5-19-9-10(2)14(16)15-13-11(17-3)7-6-8-12(13)18-4/h6-8,10H,5,9H2,1-4H3,(H,15,16)/t10-/m1/s1. The van der Waals surface area contributed by atoms with Gasteiger partial charge in [0.15, 0.2) is 0 Å². The molecule has 0 aromatic heterocycles. The summed E-state index contributed by atoms with van der Waals surface area (Å²) < 4.78 is 15.7. The van der Waals surface area contributed by atoms with E-state index in [4.69, 9.17) is 14.2 Å². The molecule has 0 radical (unpaired) electrons. The molecule has 0 bridgehead atoms. The van der Waals surface area contributed by atoms with Gasteiger partial charge in [-0.3, -0.25) is 4.79 Å². The van der Waals surface area contributed by atoms with Gasteiger partial charge in [0.1, 0.15) is 17.2 Å². The van der Waals surface area contributed by atoms with Crippen molar-refractivity contribution in [2.24, 2.45) is 5.92 Å². The van der Waals surface area contributed by atoms with E-state index in [-0.39, 0.29) is 11.8 Å². The molecule has 0 aliphatic carbocycles. The Bertz CT molecular complexity index is 398. The van der Waals surface area contributed by atoms with Crippen LogP contribution in [0.1, 0.15) is 13.8 Å². The van der Waals surface area contributed by atoms with E-state index in [1.165, 1.54) is 0 Å². The van der Waals surface area contributed by atoms with Gasteiger partial charge in [-0.15, -0.1) is 0 Å². The van der Waals surface area contributed by atoms with Crippen molar-refractivity contribution in [2.45, 2.75) is 13.8 Å². The van der Waals surface area contributed by atoms with Crippen LogP contribution in [0, 0.1) is 5.92 Å². The smallest absolute Gasteiger partial charge is 0.229 e. The summed E-state index contributed by atoms with van der Waals surface area (Å²) in [6.45, 7) is 4.69. The molecule has 1 aromatic carbocycles. The minimum atomic E-state index is -0.241. The van der Waals surface area contributed by atoms with E-state index >= 15 is 0 Å².